The van der Waals surface area contributed by atoms with Crippen LogP contribution < -0.4 is 10.6 Å². The minimum Gasteiger partial charge on any atom is -0.348 e. The first-order chi connectivity index (χ1) is 9.75. The molecule has 2 atom stereocenters. The van der Waals surface area contributed by atoms with Gasteiger partial charge in [0.1, 0.15) is 0 Å². The maximum absolute atomic E-state index is 12.7. The van der Waals surface area contributed by atoms with Crippen LogP contribution in [0.5, 0.6) is 0 Å². The van der Waals surface area contributed by atoms with E-state index in [4.69, 9.17) is 0 Å². The number of nitrogens with one attached hydrogen (secondary N) is 2. The van der Waals surface area contributed by atoms with Crippen molar-refractivity contribution in [1.82, 2.24) is 10.6 Å². The second-order valence-electron chi connectivity index (χ2n) is 6.13. The van der Waals surface area contributed by atoms with Gasteiger partial charge < -0.3 is 10.6 Å². The molecule has 0 bridgehead atoms. The third-order valence-electron chi connectivity index (χ3n) is 4.79. The van der Waals surface area contributed by atoms with Crippen LogP contribution >= 0.6 is 0 Å². The molecule has 2 unspecified atom stereocenters. The van der Waals surface area contributed by atoms with Crippen molar-refractivity contribution in [2.75, 3.05) is 6.54 Å². The smallest absolute Gasteiger partial charge is 0.240 e. The molecule has 108 valence electrons. The molecule has 1 saturated heterocycles. The van der Waals surface area contributed by atoms with Gasteiger partial charge in [0.05, 0.1) is 11.6 Å². The maximum Gasteiger partial charge on any atom is 0.240 e. The predicted octanol–water partition coefficient (Wildman–Crippen LogP) is 2.71. The summed E-state index contributed by atoms with van der Waals surface area (Å²) in [6.07, 6.45) is 6.17. The molecule has 1 aromatic rings. The van der Waals surface area contributed by atoms with E-state index in [1.54, 1.807) is 0 Å². The topological polar surface area (TPSA) is 41.1 Å². The molecule has 2 aliphatic rings. The van der Waals surface area contributed by atoms with Crippen LogP contribution in [0.1, 0.15) is 56.2 Å². The van der Waals surface area contributed by atoms with Crippen LogP contribution in [0.25, 0.3) is 0 Å². The number of hydrogen-bond acceptors (Lipinski definition) is 2. The second kappa shape index (κ2) is 5.57. The Bertz CT molecular complexity index is 492. The Kier molecular flexibility index (Phi) is 3.79. The Hall–Kier alpha value is -1.35. The van der Waals surface area contributed by atoms with Crippen LogP contribution in [0, 0.1) is 0 Å². The second-order valence-corrected chi connectivity index (χ2v) is 6.13. The molecule has 3 nitrogen and oxygen atoms in total. The van der Waals surface area contributed by atoms with Gasteiger partial charge in [-0.1, -0.05) is 37.6 Å². The predicted molar refractivity (Wildman–Crippen MR) is 80.5 cm³/mol. The first-order valence-corrected chi connectivity index (χ1v) is 7.89. The van der Waals surface area contributed by atoms with Gasteiger partial charge in [-0.25, -0.2) is 0 Å². The van der Waals surface area contributed by atoms with E-state index in [0.717, 1.165) is 45.1 Å². The lowest BCUT2D eigenvalue weighted by atomic mass is 9.90. The molecule has 3 rings (SSSR count). The summed E-state index contributed by atoms with van der Waals surface area (Å²) >= 11 is 0. The normalized spacial score (nSPS) is 28.4. The monoisotopic (exact) mass is 272 g/mol. The Balaban J connectivity index is 1.73. The van der Waals surface area contributed by atoms with Gasteiger partial charge in [0.25, 0.3) is 0 Å². The Morgan fingerprint density at radius 1 is 1.45 bits per heavy atom. The standard InChI is InChI=1S/C17H24N2O/c1-2-10-17(11-5-12-18-17)16(20)19-15-9-8-13-6-3-4-7-14(13)15/h3-4,6-7,15,18H,2,5,8-12H2,1H3,(H,19,20). The Labute approximate surface area is 121 Å². The number of hydrogen-bond donors (Lipinski definition) is 2. The largest absolute Gasteiger partial charge is 0.348 e. The minimum atomic E-state index is -0.313. The van der Waals surface area contributed by atoms with Crippen molar-refractivity contribution in [2.24, 2.45) is 0 Å². The molecular weight excluding hydrogens is 248 g/mol. The molecule has 1 heterocycles. The lowest BCUT2D eigenvalue weighted by molar-refractivity contribution is -0.128. The Morgan fingerprint density at radius 2 is 2.30 bits per heavy atom. The quantitative estimate of drug-likeness (QED) is 0.885. The summed E-state index contributed by atoms with van der Waals surface area (Å²) in [6.45, 7) is 3.12. The molecule has 1 aliphatic carbocycles. The summed E-state index contributed by atoms with van der Waals surface area (Å²) < 4.78 is 0. The molecule has 0 saturated carbocycles. The summed E-state index contributed by atoms with van der Waals surface area (Å²) in [4.78, 5) is 12.7. The SMILES string of the molecule is CCCC1(C(=O)NC2CCc3ccccc32)CCCN1. The maximum atomic E-state index is 12.7. The summed E-state index contributed by atoms with van der Waals surface area (Å²) in [6, 6.07) is 8.69. The van der Waals surface area contributed by atoms with Gasteiger partial charge >= 0.3 is 0 Å². The van der Waals surface area contributed by atoms with E-state index in [9.17, 15) is 4.79 Å². The molecule has 20 heavy (non-hydrogen) atoms. The van der Waals surface area contributed by atoms with Crippen LogP contribution in [0.4, 0.5) is 0 Å². The van der Waals surface area contributed by atoms with Crippen LogP contribution in [-0.4, -0.2) is 18.0 Å². The molecule has 1 aliphatic heterocycles. The van der Waals surface area contributed by atoms with Crippen LogP contribution in [0.2, 0.25) is 0 Å². The van der Waals surface area contributed by atoms with Gasteiger partial charge in [-0.2, -0.15) is 0 Å². The van der Waals surface area contributed by atoms with Crippen LogP contribution in [0.15, 0.2) is 24.3 Å². The van der Waals surface area contributed by atoms with E-state index in [2.05, 4.69) is 41.8 Å². The molecule has 0 aromatic heterocycles. The molecule has 1 aromatic carbocycles. The summed E-state index contributed by atoms with van der Waals surface area (Å²) in [5.74, 6) is 0.207. The van der Waals surface area contributed by atoms with Crippen molar-refractivity contribution < 1.29 is 4.79 Å². The zero-order valence-corrected chi connectivity index (χ0v) is 12.2. The third kappa shape index (κ3) is 2.35. The van der Waals surface area contributed by atoms with Gasteiger partial charge in [-0.05, 0) is 49.8 Å². The molecule has 0 spiro atoms. The highest BCUT2D eigenvalue weighted by Gasteiger charge is 2.41. The number of aryl methyl sites for hydroxylation is 1. The zero-order valence-electron chi connectivity index (χ0n) is 12.2. The number of carbonyl (C=O) groups excluding carboxylic acids is 1. The highest BCUT2D eigenvalue weighted by atomic mass is 16.2. The van der Waals surface area contributed by atoms with Gasteiger partial charge in [0, 0.05) is 0 Å². The number of carbonyl (C=O) groups is 1. The van der Waals surface area contributed by atoms with E-state index >= 15 is 0 Å². The van der Waals surface area contributed by atoms with Crippen LogP contribution in [-0.2, 0) is 11.2 Å². The molecule has 0 radical (unpaired) electrons. The number of rotatable bonds is 4. The molecular formula is C17H24N2O. The molecule has 1 amide bonds. The first kappa shape index (κ1) is 13.6. The number of fused-ring (bicyclic) bond motifs is 1. The van der Waals surface area contributed by atoms with Crippen molar-refractivity contribution in [3.63, 3.8) is 0 Å². The average Bonchev–Trinajstić information content (AvgIpc) is 3.08. The lowest BCUT2D eigenvalue weighted by Gasteiger charge is -2.29. The summed E-state index contributed by atoms with van der Waals surface area (Å²) in [5.41, 5.74) is 2.39. The highest BCUT2D eigenvalue weighted by Crippen LogP contribution is 2.32. The van der Waals surface area contributed by atoms with Gasteiger partial charge in [-0.3, -0.25) is 4.79 Å². The lowest BCUT2D eigenvalue weighted by Crippen LogP contribution is -2.53. The summed E-state index contributed by atoms with van der Waals surface area (Å²) in [5, 5.41) is 6.76. The summed E-state index contributed by atoms with van der Waals surface area (Å²) in [7, 11) is 0. The molecule has 3 heteroatoms. The zero-order chi connectivity index (χ0) is 14.0. The van der Waals surface area contributed by atoms with Crippen LogP contribution in [0.3, 0.4) is 0 Å². The number of benzene rings is 1. The van der Waals surface area contributed by atoms with E-state index in [-0.39, 0.29) is 17.5 Å². The molecule has 2 N–H and O–H groups in total. The average molecular weight is 272 g/mol. The number of amides is 1. The van der Waals surface area contributed by atoms with Gasteiger partial charge in [0.2, 0.25) is 5.91 Å². The third-order valence-corrected chi connectivity index (χ3v) is 4.79. The molecule has 1 fully saturated rings. The fourth-order valence-corrected chi connectivity index (χ4v) is 3.76. The minimum absolute atomic E-state index is 0.204. The van der Waals surface area contributed by atoms with Gasteiger partial charge in [-0.15, -0.1) is 0 Å². The fourth-order valence-electron chi connectivity index (χ4n) is 3.76. The fraction of sp³-hybridized carbons (Fsp3) is 0.588. The van der Waals surface area contributed by atoms with Crippen molar-refractivity contribution >= 4 is 5.91 Å². The van der Waals surface area contributed by atoms with Crippen molar-refractivity contribution in [1.29, 1.82) is 0 Å². The highest BCUT2D eigenvalue weighted by molar-refractivity contribution is 5.87. The van der Waals surface area contributed by atoms with E-state index in [0.29, 0.717) is 0 Å². The first-order valence-electron chi connectivity index (χ1n) is 7.89. The van der Waals surface area contributed by atoms with E-state index < -0.39 is 0 Å². The van der Waals surface area contributed by atoms with Crippen molar-refractivity contribution in [3.05, 3.63) is 35.4 Å². The van der Waals surface area contributed by atoms with Crippen molar-refractivity contribution in [3.8, 4) is 0 Å². The van der Waals surface area contributed by atoms with Crippen molar-refractivity contribution in [2.45, 2.75) is 57.0 Å². The Morgan fingerprint density at radius 3 is 3.05 bits per heavy atom. The van der Waals surface area contributed by atoms with Gasteiger partial charge in [0.15, 0.2) is 0 Å². The van der Waals surface area contributed by atoms with E-state index in [1.807, 2.05) is 0 Å². The van der Waals surface area contributed by atoms with E-state index in [1.165, 1.54) is 11.1 Å².